The summed E-state index contributed by atoms with van der Waals surface area (Å²) >= 11 is 5.92. The van der Waals surface area contributed by atoms with E-state index in [2.05, 4.69) is 15.3 Å². The number of nitrogens with one attached hydrogen (secondary N) is 2. The van der Waals surface area contributed by atoms with Gasteiger partial charge in [-0.2, -0.15) is 4.98 Å². The van der Waals surface area contributed by atoms with Gasteiger partial charge in [0.1, 0.15) is 5.82 Å². The lowest BCUT2D eigenvalue weighted by molar-refractivity contribution is 0.0951. The summed E-state index contributed by atoms with van der Waals surface area (Å²) in [5.41, 5.74) is 0.607. The standard InChI is InChI=1S/C25H24ClN5O5/c1-30(2)19-12-16-18(11-17(19)22(32)27-13-14-5-7-15(26)8-6-14)28-25(34)31(24(16)33)21-10-9-20(35-3)23(29-21)36-4/h5-12H,13H2,1-4H3,(H,27,32)(H,28,34). The van der Waals surface area contributed by atoms with E-state index in [1.54, 1.807) is 43.3 Å². The van der Waals surface area contributed by atoms with Crippen LogP contribution >= 0.6 is 11.6 Å². The summed E-state index contributed by atoms with van der Waals surface area (Å²) in [6.45, 7) is 0.282. The lowest BCUT2D eigenvalue weighted by Crippen LogP contribution is -2.34. The quantitative estimate of drug-likeness (QED) is 0.393. The Kier molecular flexibility index (Phi) is 6.98. The van der Waals surface area contributed by atoms with Crippen molar-refractivity contribution < 1.29 is 14.3 Å². The van der Waals surface area contributed by atoms with Crippen molar-refractivity contribution in [2.45, 2.75) is 6.54 Å². The molecule has 2 aromatic carbocycles. The molecule has 0 saturated heterocycles. The first kappa shape index (κ1) is 24.8. The van der Waals surface area contributed by atoms with E-state index in [0.717, 1.165) is 10.1 Å². The molecule has 2 heterocycles. The molecule has 10 nitrogen and oxygen atoms in total. The zero-order chi connectivity index (χ0) is 26.0. The molecular formula is C25H24ClN5O5. The lowest BCUT2D eigenvalue weighted by Gasteiger charge is -2.18. The number of halogens is 1. The Bertz CT molecular complexity index is 1560. The van der Waals surface area contributed by atoms with Gasteiger partial charge in [-0.15, -0.1) is 0 Å². The van der Waals surface area contributed by atoms with Gasteiger partial charge in [-0.3, -0.25) is 9.59 Å². The number of amides is 1. The van der Waals surface area contributed by atoms with Crippen LogP contribution in [-0.2, 0) is 6.54 Å². The van der Waals surface area contributed by atoms with Crippen molar-refractivity contribution in [2.24, 2.45) is 0 Å². The third kappa shape index (κ3) is 4.76. The lowest BCUT2D eigenvalue weighted by atomic mass is 10.1. The minimum Gasteiger partial charge on any atom is -0.491 e. The van der Waals surface area contributed by atoms with E-state index in [1.165, 1.54) is 26.4 Å². The number of hydrogen-bond acceptors (Lipinski definition) is 7. The third-order valence-electron chi connectivity index (χ3n) is 5.56. The number of aromatic amines is 1. The van der Waals surface area contributed by atoms with E-state index in [4.69, 9.17) is 21.1 Å². The van der Waals surface area contributed by atoms with Crippen molar-refractivity contribution in [3.8, 4) is 17.4 Å². The summed E-state index contributed by atoms with van der Waals surface area (Å²) in [5, 5.41) is 3.68. The van der Waals surface area contributed by atoms with Gasteiger partial charge < -0.3 is 24.7 Å². The average Bonchev–Trinajstić information content (AvgIpc) is 2.87. The highest BCUT2D eigenvalue weighted by atomic mass is 35.5. The fraction of sp³-hybridized carbons (Fsp3) is 0.200. The van der Waals surface area contributed by atoms with E-state index >= 15 is 0 Å². The second-order valence-corrected chi connectivity index (χ2v) is 8.51. The number of carbonyl (C=O) groups excluding carboxylic acids is 1. The van der Waals surface area contributed by atoms with Crippen LogP contribution < -0.4 is 30.9 Å². The number of methoxy groups -OCH3 is 2. The highest BCUT2D eigenvalue weighted by Crippen LogP contribution is 2.26. The first-order valence-corrected chi connectivity index (χ1v) is 11.2. The van der Waals surface area contributed by atoms with Crippen LogP contribution in [0.4, 0.5) is 5.69 Å². The molecule has 36 heavy (non-hydrogen) atoms. The van der Waals surface area contributed by atoms with Crippen LogP contribution in [0.5, 0.6) is 11.6 Å². The summed E-state index contributed by atoms with van der Waals surface area (Å²) in [7, 11) is 6.39. The number of nitrogens with zero attached hydrogens (tertiary/aromatic N) is 3. The van der Waals surface area contributed by atoms with E-state index in [0.29, 0.717) is 22.0 Å². The molecule has 0 aliphatic carbocycles. The Morgan fingerprint density at radius 2 is 1.81 bits per heavy atom. The Labute approximate surface area is 211 Å². The molecule has 4 aromatic rings. The number of fused-ring (bicyclic) bond motifs is 1. The minimum absolute atomic E-state index is 0.0667. The summed E-state index contributed by atoms with van der Waals surface area (Å²) in [5.74, 6) is 0.192. The molecule has 0 aliphatic rings. The van der Waals surface area contributed by atoms with Gasteiger partial charge in [0.05, 0.1) is 30.7 Å². The highest BCUT2D eigenvalue weighted by Gasteiger charge is 2.19. The maximum atomic E-state index is 13.4. The molecule has 0 saturated carbocycles. The van der Waals surface area contributed by atoms with E-state index in [1.807, 2.05) is 12.1 Å². The molecule has 2 N–H and O–H groups in total. The van der Waals surface area contributed by atoms with Gasteiger partial charge >= 0.3 is 5.69 Å². The summed E-state index contributed by atoms with van der Waals surface area (Å²) in [6, 6.07) is 13.2. The number of hydrogen-bond donors (Lipinski definition) is 2. The Morgan fingerprint density at radius 3 is 2.44 bits per heavy atom. The number of benzene rings is 2. The van der Waals surface area contributed by atoms with Crippen molar-refractivity contribution >= 4 is 34.1 Å². The number of rotatable bonds is 7. The molecule has 0 fully saturated rings. The second kappa shape index (κ2) is 10.1. The van der Waals surface area contributed by atoms with Crippen LogP contribution in [0.15, 0.2) is 58.1 Å². The van der Waals surface area contributed by atoms with E-state index < -0.39 is 11.2 Å². The Hall–Kier alpha value is -4.31. The van der Waals surface area contributed by atoms with Gasteiger partial charge in [-0.05, 0) is 42.0 Å². The predicted molar refractivity (Wildman–Crippen MR) is 138 cm³/mol. The molecule has 0 spiro atoms. The summed E-state index contributed by atoms with van der Waals surface area (Å²) in [6.07, 6.45) is 0. The van der Waals surface area contributed by atoms with Crippen LogP contribution in [0.25, 0.3) is 16.7 Å². The van der Waals surface area contributed by atoms with Crippen molar-refractivity contribution in [1.29, 1.82) is 0 Å². The topological polar surface area (TPSA) is 119 Å². The maximum Gasteiger partial charge on any atom is 0.334 e. The van der Waals surface area contributed by atoms with Crippen LogP contribution in [-0.4, -0.2) is 48.8 Å². The van der Waals surface area contributed by atoms with E-state index in [9.17, 15) is 14.4 Å². The Balaban J connectivity index is 1.78. The number of anilines is 1. The van der Waals surface area contributed by atoms with Crippen LogP contribution in [0.2, 0.25) is 5.02 Å². The van der Waals surface area contributed by atoms with Crippen LogP contribution in [0.1, 0.15) is 15.9 Å². The molecular weight excluding hydrogens is 486 g/mol. The summed E-state index contributed by atoms with van der Waals surface area (Å²) < 4.78 is 11.3. The SMILES string of the molecule is COc1ccc(-n2c(=O)[nH]c3cc(C(=O)NCc4ccc(Cl)cc4)c(N(C)C)cc3c2=O)nc1OC. The van der Waals surface area contributed by atoms with Crippen LogP contribution in [0, 0.1) is 0 Å². The molecule has 0 unspecified atom stereocenters. The molecule has 186 valence electrons. The second-order valence-electron chi connectivity index (χ2n) is 8.07. The van der Waals surface area contributed by atoms with Crippen LogP contribution in [0.3, 0.4) is 0 Å². The van der Waals surface area contributed by atoms with Crippen molar-refractivity contribution in [1.82, 2.24) is 19.9 Å². The van der Waals surface area contributed by atoms with E-state index in [-0.39, 0.29) is 35.1 Å². The van der Waals surface area contributed by atoms with Gasteiger partial charge in [0.25, 0.3) is 17.3 Å². The molecule has 0 radical (unpaired) electrons. The van der Waals surface area contributed by atoms with Crippen molar-refractivity contribution in [2.75, 3.05) is 33.2 Å². The normalized spacial score (nSPS) is 10.8. The van der Waals surface area contributed by atoms with Gasteiger partial charge in [0, 0.05) is 31.4 Å². The third-order valence-corrected chi connectivity index (χ3v) is 5.81. The number of carbonyl (C=O) groups is 1. The maximum absolute atomic E-state index is 13.4. The molecule has 1 amide bonds. The minimum atomic E-state index is -0.711. The van der Waals surface area contributed by atoms with Gasteiger partial charge in [0.15, 0.2) is 5.75 Å². The first-order chi connectivity index (χ1) is 17.2. The Morgan fingerprint density at radius 1 is 1.08 bits per heavy atom. The zero-order valence-corrected chi connectivity index (χ0v) is 20.8. The van der Waals surface area contributed by atoms with Crippen molar-refractivity contribution in [3.63, 3.8) is 0 Å². The number of pyridine rings is 1. The molecule has 0 bridgehead atoms. The fourth-order valence-electron chi connectivity index (χ4n) is 3.74. The molecule has 0 aliphatic heterocycles. The van der Waals surface area contributed by atoms with Crippen molar-refractivity contribution in [3.05, 3.63) is 85.5 Å². The molecule has 4 rings (SSSR count). The van der Waals surface area contributed by atoms with Gasteiger partial charge in [-0.25, -0.2) is 9.36 Å². The van der Waals surface area contributed by atoms with Gasteiger partial charge in [-0.1, -0.05) is 23.7 Å². The zero-order valence-electron chi connectivity index (χ0n) is 20.1. The number of aromatic nitrogens is 3. The summed E-state index contributed by atoms with van der Waals surface area (Å²) in [4.78, 5) is 48.0. The monoisotopic (exact) mass is 509 g/mol. The highest BCUT2D eigenvalue weighted by molar-refractivity contribution is 6.30. The number of H-pyrrole nitrogens is 1. The number of ether oxygens (including phenoxy) is 2. The molecule has 2 aromatic heterocycles. The van der Waals surface area contributed by atoms with Gasteiger partial charge in [0.2, 0.25) is 0 Å². The molecule has 11 heteroatoms. The average molecular weight is 510 g/mol. The smallest absolute Gasteiger partial charge is 0.334 e. The molecule has 0 atom stereocenters. The largest absolute Gasteiger partial charge is 0.491 e. The fourth-order valence-corrected chi connectivity index (χ4v) is 3.86. The first-order valence-electron chi connectivity index (χ1n) is 10.9. The predicted octanol–water partition coefficient (Wildman–Crippen LogP) is 2.74.